The van der Waals surface area contributed by atoms with Crippen LogP contribution in [0.5, 0.6) is 17.4 Å². The monoisotopic (exact) mass is 405 g/mol. The maximum Gasteiger partial charge on any atom is 0.257 e. The maximum atomic E-state index is 6.20. The standard InChI is InChI=1S/C20H25N3O3.CH4.H2S/c1-13-10-17(11-14(2)21-13)26-16-6-7-23(12-16)15(3)18-4-5-19-20(22-18)25-9-8-24-19;;/h4-5,10-11,15-16H,6-9,12H2,1-3H3;1H4;1H2/t15-,16+;;/m1../s1. The zero-order valence-corrected chi connectivity index (χ0v) is 17.1. The molecule has 28 heavy (non-hydrogen) atoms. The van der Waals surface area contributed by atoms with Crippen LogP contribution in [0.3, 0.4) is 0 Å². The predicted molar refractivity (Wildman–Crippen MR) is 115 cm³/mol. The summed E-state index contributed by atoms with van der Waals surface area (Å²) in [6.45, 7) is 9.20. The van der Waals surface area contributed by atoms with Gasteiger partial charge in [-0.3, -0.25) is 9.88 Å². The van der Waals surface area contributed by atoms with Gasteiger partial charge in [0.15, 0.2) is 5.75 Å². The average Bonchev–Trinajstić information content (AvgIpc) is 3.08. The van der Waals surface area contributed by atoms with E-state index in [1.165, 1.54) is 0 Å². The predicted octanol–water partition coefficient (Wildman–Crippen LogP) is 3.83. The topological polar surface area (TPSA) is 56.7 Å². The Hall–Kier alpha value is -1.99. The van der Waals surface area contributed by atoms with Gasteiger partial charge in [-0.1, -0.05) is 7.43 Å². The number of likely N-dealkylation sites (tertiary alicyclic amines) is 1. The highest BCUT2D eigenvalue weighted by atomic mass is 32.1. The van der Waals surface area contributed by atoms with Gasteiger partial charge >= 0.3 is 0 Å². The lowest BCUT2D eigenvalue weighted by Gasteiger charge is -2.25. The molecule has 0 N–H and O–H groups in total. The van der Waals surface area contributed by atoms with Crippen molar-refractivity contribution in [3.63, 3.8) is 0 Å². The molecule has 0 bridgehead atoms. The van der Waals surface area contributed by atoms with Crippen molar-refractivity contribution < 1.29 is 14.2 Å². The number of rotatable bonds is 4. The first-order valence-corrected chi connectivity index (χ1v) is 9.21. The lowest BCUT2D eigenvalue weighted by atomic mass is 10.2. The second kappa shape index (κ2) is 9.47. The van der Waals surface area contributed by atoms with E-state index in [1.54, 1.807) is 0 Å². The number of pyridine rings is 2. The van der Waals surface area contributed by atoms with Crippen LogP contribution in [-0.4, -0.2) is 47.3 Å². The van der Waals surface area contributed by atoms with Crippen molar-refractivity contribution in [3.8, 4) is 17.4 Å². The molecule has 4 rings (SSSR count). The maximum absolute atomic E-state index is 6.20. The van der Waals surface area contributed by atoms with Crippen LogP contribution in [0, 0.1) is 13.8 Å². The van der Waals surface area contributed by atoms with Gasteiger partial charge in [-0.15, -0.1) is 0 Å². The largest absolute Gasteiger partial charge is 0.489 e. The highest BCUT2D eigenvalue weighted by Gasteiger charge is 2.29. The van der Waals surface area contributed by atoms with Gasteiger partial charge in [0, 0.05) is 42.7 Å². The fourth-order valence-corrected chi connectivity index (χ4v) is 3.62. The van der Waals surface area contributed by atoms with Gasteiger partial charge in [-0.25, -0.2) is 4.98 Å². The summed E-state index contributed by atoms with van der Waals surface area (Å²) >= 11 is 0. The molecule has 0 aliphatic carbocycles. The first kappa shape index (κ1) is 22.3. The number of fused-ring (bicyclic) bond motifs is 1. The van der Waals surface area contributed by atoms with Gasteiger partial charge in [0.05, 0.1) is 5.69 Å². The Kier molecular flexibility index (Phi) is 7.55. The van der Waals surface area contributed by atoms with E-state index in [1.807, 2.05) is 38.1 Å². The van der Waals surface area contributed by atoms with Crippen molar-refractivity contribution in [1.82, 2.24) is 14.9 Å². The van der Waals surface area contributed by atoms with Crippen molar-refractivity contribution >= 4 is 13.5 Å². The molecule has 154 valence electrons. The van der Waals surface area contributed by atoms with E-state index in [-0.39, 0.29) is 33.1 Å². The normalized spacial score (nSPS) is 19.3. The zero-order valence-electron chi connectivity index (χ0n) is 16.1. The summed E-state index contributed by atoms with van der Waals surface area (Å²) in [7, 11) is 0. The fraction of sp³-hybridized carbons (Fsp3) is 0.524. The molecule has 0 radical (unpaired) electrons. The minimum atomic E-state index is 0. The highest BCUT2D eigenvalue weighted by molar-refractivity contribution is 7.59. The van der Waals surface area contributed by atoms with Gasteiger partial charge in [-0.2, -0.15) is 13.5 Å². The minimum Gasteiger partial charge on any atom is -0.489 e. The molecular formula is C21H31N3O3S. The number of hydrogen-bond donors (Lipinski definition) is 0. The van der Waals surface area contributed by atoms with E-state index < -0.39 is 0 Å². The van der Waals surface area contributed by atoms with Crippen molar-refractivity contribution in [2.45, 2.75) is 46.8 Å². The number of nitrogens with zero attached hydrogens (tertiary/aromatic N) is 3. The third-order valence-electron chi connectivity index (χ3n) is 4.94. The summed E-state index contributed by atoms with van der Waals surface area (Å²) in [5.74, 6) is 2.25. The molecule has 1 fully saturated rings. The lowest BCUT2D eigenvalue weighted by Crippen LogP contribution is -2.28. The number of ether oxygens (including phenoxy) is 3. The average molecular weight is 406 g/mol. The number of aromatic nitrogens is 2. The summed E-state index contributed by atoms with van der Waals surface area (Å²) < 4.78 is 17.4. The lowest BCUT2D eigenvalue weighted by molar-refractivity contribution is 0.160. The SMILES string of the molecule is C.Cc1cc(O[C@H]2CCN([C@H](C)c3ccc4c(n3)OCCO4)C2)cc(C)n1.S. The molecule has 4 heterocycles. The third kappa shape index (κ3) is 4.89. The molecule has 0 unspecified atom stereocenters. The van der Waals surface area contributed by atoms with Gasteiger partial charge in [0.25, 0.3) is 5.88 Å². The van der Waals surface area contributed by atoms with Gasteiger partial charge in [0.1, 0.15) is 25.1 Å². The molecule has 0 saturated carbocycles. The molecule has 2 aromatic heterocycles. The van der Waals surface area contributed by atoms with Gasteiger partial charge < -0.3 is 14.2 Å². The second-order valence-electron chi connectivity index (χ2n) is 7.02. The summed E-state index contributed by atoms with van der Waals surface area (Å²) in [4.78, 5) is 11.5. The Morgan fingerprint density at radius 3 is 2.57 bits per heavy atom. The smallest absolute Gasteiger partial charge is 0.257 e. The second-order valence-corrected chi connectivity index (χ2v) is 7.02. The van der Waals surface area contributed by atoms with Gasteiger partial charge in [0.2, 0.25) is 0 Å². The molecule has 0 aromatic carbocycles. The van der Waals surface area contributed by atoms with Crippen LogP contribution in [0.1, 0.15) is 43.9 Å². The summed E-state index contributed by atoms with van der Waals surface area (Å²) in [6.07, 6.45) is 1.20. The Labute approximate surface area is 174 Å². The van der Waals surface area contributed by atoms with Crippen molar-refractivity contribution in [2.75, 3.05) is 26.3 Å². The quantitative estimate of drug-likeness (QED) is 0.771. The van der Waals surface area contributed by atoms with Crippen LogP contribution in [0.2, 0.25) is 0 Å². The third-order valence-corrected chi connectivity index (χ3v) is 4.94. The Morgan fingerprint density at radius 2 is 1.82 bits per heavy atom. The minimum absolute atomic E-state index is 0. The van der Waals surface area contributed by atoms with Crippen molar-refractivity contribution in [3.05, 3.63) is 41.3 Å². The Bertz CT molecular complexity index is 782. The zero-order chi connectivity index (χ0) is 18.1. The molecule has 0 spiro atoms. The van der Waals surface area contributed by atoms with Crippen LogP contribution in [0.15, 0.2) is 24.3 Å². The van der Waals surface area contributed by atoms with Crippen LogP contribution < -0.4 is 14.2 Å². The molecule has 2 aliphatic rings. The van der Waals surface area contributed by atoms with Crippen LogP contribution >= 0.6 is 13.5 Å². The van der Waals surface area contributed by atoms with Crippen molar-refractivity contribution in [2.24, 2.45) is 0 Å². The van der Waals surface area contributed by atoms with E-state index >= 15 is 0 Å². The number of hydrogen-bond acceptors (Lipinski definition) is 6. The number of aryl methyl sites for hydroxylation is 2. The molecule has 1 saturated heterocycles. The van der Waals surface area contributed by atoms with Crippen LogP contribution in [0.4, 0.5) is 0 Å². The highest BCUT2D eigenvalue weighted by Crippen LogP contribution is 2.32. The van der Waals surface area contributed by atoms with E-state index in [0.29, 0.717) is 19.1 Å². The molecule has 7 heteroatoms. The fourth-order valence-electron chi connectivity index (χ4n) is 3.62. The molecule has 2 aromatic rings. The van der Waals surface area contributed by atoms with Crippen LogP contribution in [-0.2, 0) is 0 Å². The van der Waals surface area contributed by atoms with E-state index in [2.05, 4.69) is 21.8 Å². The van der Waals surface area contributed by atoms with Gasteiger partial charge in [-0.05, 0) is 39.3 Å². The first-order chi connectivity index (χ1) is 12.6. The Balaban J connectivity index is 0.00000140. The first-order valence-electron chi connectivity index (χ1n) is 9.21. The summed E-state index contributed by atoms with van der Waals surface area (Å²) in [5, 5.41) is 0. The van der Waals surface area contributed by atoms with E-state index in [4.69, 9.17) is 14.2 Å². The van der Waals surface area contributed by atoms with Crippen LogP contribution in [0.25, 0.3) is 0 Å². The molecule has 2 atom stereocenters. The molecular weight excluding hydrogens is 374 g/mol. The summed E-state index contributed by atoms with van der Waals surface area (Å²) in [5.41, 5.74) is 2.98. The molecule has 6 nitrogen and oxygen atoms in total. The van der Waals surface area contributed by atoms with Crippen molar-refractivity contribution in [1.29, 1.82) is 0 Å². The molecule has 2 aliphatic heterocycles. The van der Waals surface area contributed by atoms with E-state index in [9.17, 15) is 0 Å². The Morgan fingerprint density at radius 1 is 1.11 bits per heavy atom. The van der Waals surface area contributed by atoms with E-state index in [0.717, 1.165) is 48.1 Å². The molecule has 0 amide bonds. The summed E-state index contributed by atoms with van der Waals surface area (Å²) in [6, 6.07) is 8.20.